The van der Waals surface area contributed by atoms with Crippen LogP contribution < -0.4 is 0 Å². The molecule has 0 N–H and O–H groups in total. The molecule has 0 spiro atoms. The third kappa shape index (κ3) is 4.69. The first-order valence-electron chi connectivity index (χ1n) is 6.29. The van der Waals surface area contributed by atoms with Crippen molar-refractivity contribution in [3.05, 3.63) is 35.4 Å². The zero-order valence-electron chi connectivity index (χ0n) is 12.1. The monoisotopic (exact) mass is 335 g/mol. The van der Waals surface area contributed by atoms with Gasteiger partial charge in [-0.2, -0.15) is 35.5 Å². The van der Waals surface area contributed by atoms with Gasteiger partial charge < -0.3 is 0 Å². The summed E-state index contributed by atoms with van der Waals surface area (Å²) in [5.74, 6) is 0. The van der Waals surface area contributed by atoms with Crippen LogP contribution in [0.3, 0.4) is 0 Å². The Bertz CT molecular complexity index is 636. The first-order valence-corrected chi connectivity index (χ1v) is 7.69. The maximum atomic E-state index is 12.5. The van der Waals surface area contributed by atoms with E-state index in [1.807, 2.05) is 6.07 Å². The number of benzene rings is 1. The van der Waals surface area contributed by atoms with E-state index in [0.717, 1.165) is 20.7 Å². The van der Waals surface area contributed by atoms with Crippen molar-refractivity contribution >= 4 is 10.2 Å². The van der Waals surface area contributed by atoms with Gasteiger partial charge in [0, 0.05) is 33.6 Å². The number of nitriles is 1. The minimum Gasteiger partial charge on any atom is -0.198 e. The number of halogens is 3. The molecule has 0 amide bonds. The maximum absolute atomic E-state index is 12.5. The number of hydrogen-bond acceptors (Lipinski definition) is 3. The number of rotatable bonds is 6. The Balaban J connectivity index is 2.80. The van der Waals surface area contributed by atoms with E-state index in [1.165, 1.54) is 26.2 Å². The predicted octanol–water partition coefficient (Wildman–Crippen LogP) is 2.23. The highest BCUT2D eigenvalue weighted by Crippen LogP contribution is 2.29. The smallest absolute Gasteiger partial charge is 0.198 e. The molecule has 0 aliphatic carbocycles. The van der Waals surface area contributed by atoms with Gasteiger partial charge in [0.2, 0.25) is 0 Å². The molecule has 1 aromatic rings. The van der Waals surface area contributed by atoms with E-state index in [0.29, 0.717) is 5.56 Å². The summed E-state index contributed by atoms with van der Waals surface area (Å²) in [6.45, 7) is -0.00640. The largest absolute Gasteiger partial charge is 0.416 e. The normalized spacial score (nSPS) is 12.6. The SMILES string of the molecule is CN(CCC#N)S(=O)(=O)N(C)Cc1ccc(C(F)(F)F)cc1. The van der Waals surface area contributed by atoms with Crippen LogP contribution in [0.25, 0.3) is 0 Å². The lowest BCUT2D eigenvalue weighted by Gasteiger charge is -2.23. The Morgan fingerprint density at radius 2 is 1.68 bits per heavy atom. The van der Waals surface area contributed by atoms with Gasteiger partial charge in [-0.3, -0.25) is 0 Å². The summed E-state index contributed by atoms with van der Waals surface area (Å²) < 4.78 is 63.7. The highest BCUT2D eigenvalue weighted by molar-refractivity contribution is 7.86. The lowest BCUT2D eigenvalue weighted by Crippen LogP contribution is -2.39. The Morgan fingerprint density at radius 1 is 1.14 bits per heavy atom. The Labute approximate surface area is 127 Å². The minimum atomic E-state index is -4.42. The molecule has 0 unspecified atom stereocenters. The Hall–Kier alpha value is -1.63. The maximum Gasteiger partial charge on any atom is 0.416 e. The molecule has 0 aromatic heterocycles. The van der Waals surface area contributed by atoms with Crippen LogP contribution in [0.5, 0.6) is 0 Å². The predicted molar refractivity (Wildman–Crippen MR) is 74.7 cm³/mol. The molecule has 22 heavy (non-hydrogen) atoms. The van der Waals surface area contributed by atoms with Crippen molar-refractivity contribution in [1.29, 1.82) is 5.26 Å². The van der Waals surface area contributed by atoms with Crippen LogP contribution in [0.1, 0.15) is 17.5 Å². The molecule has 0 fully saturated rings. The van der Waals surface area contributed by atoms with Crippen molar-refractivity contribution in [2.45, 2.75) is 19.1 Å². The fourth-order valence-electron chi connectivity index (χ4n) is 1.70. The molecule has 5 nitrogen and oxygen atoms in total. The van der Waals surface area contributed by atoms with Crippen molar-refractivity contribution in [2.75, 3.05) is 20.6 Å². The van der Waals surface area contributed by atoms with E-state index in [2.05, 4.69) is 0 Å². The van der Waals surface area contributed by atoms with Crippen molar-refractivity contribution in [2.24, 2.45) is 0 Å². The van der Waals surface area contributed by atoms with Crippen LogP contribution in [0.4, 0.5) is 13.2 Å². The molecule has 0 aliphatic heterocycles. The summed E-state index contributed by atoms with van der Waals surface area (Å²) in [6.07, 6.45) is -4.36. The van der Waals surface area contributed by atoms with Gasteiger partial charge in [-0.15, -0.1) is 0 Å². The van der Waals surface area contributed by atoms with Crippen molar-refractivity contribution in [3.63, 3.8) is 0 Å². The van der Waals surface area contributed by atoms with E-state index in [-0.39, 0.29) is 19.5 Å². The number of nitrogens with zero attached hydrogens (tertiary/aromatic N) is 3. The van der Waals surface area contributed by atoms with Crippen LogP contribution in [0.2, 0.25) is 0 Å². The molecule has 1 rings (SSSR count). The molecule has 0 heterocycles. The molecule has 0 saturated carbocycles. The standard InChI is InChI=1S/C13H16F3N3O2S/c1-18(9-3-8-17)22(20,21)19(2)10-11-4-6-12(7-5-11)13(14,15)16/h4-7H,3,9-10H2,1-2H3. The molecule has 0 bridgehead atoms. The first kappa shape index (κ1) is 18.4. The summed E-state index contributed by atoms with van der Waals surface area (Å²) in [7, 11) is -1.08. The second-order valence-corrected chi connectivity index (χ2v) is 6.83. The Kier molecular flexibility index (Phi) is 5.93. The second-order valence-electron chi connectivity index (χ2n) is 4.69. The van der Waals surface area contributed by atoms with Gasteiger partial charge in [0.05, 0.1) is 11.6 Å². The second kappa shape index (κ2) is 7.09. The zero-order valence-corrected chi connectivity index (χ0v) is 12.9. The van der Waals surface area contributed by atoms with Crippen LogP contribution in [-0.2, 0) is 22.9 Å². The fraction of sp³-hybridized carbons (Fsp3) is 0.462. The molecule has 1 aromatic carbocycles. The van der Waals surface area contributed by atoms with Crippen LogP contribution >= 0.6 is 0 Å². The van der Waals surface area contributed by atoms with Crippen molar-refractivity contribution in [1.82, 2.24) is 8.61 Å². The first-order chi connectivity index (χ1) is 10.1. The van der Waals surface area contributed by atoms with E-state index in [9.17, 15) is 21.6 Å². The topological polar surface area (TPSA) is 64.4 Å². The highest BCUT2D eigenvalue weighted by atomic mass is 32.2. The molecule has 0 aliphatic rings. The lowest BCUT2D eigenvalue weighted by molar-refractivity contribution is -0.137. The highest BCUT2D eigenvalue weighted by Gasteiger charge is 2.30. The average molecular weight is 335 g/mol. The quantitative estimate of drug-likeness (QED) is 0.801. The lowest BCUT2D eigenvalue weighted by atomic mass is 10.1. The third-order valence-electron chi connectivity index (χ3n) is 3.01. The van der Waals surface area contributed by atoms with Gasteiger partial charge in [-0.25, -0.2) is 0 Å². The Morgan fingerprint density at radius 3 is 2.14 bits per heavy atom. The summed E-state index contributed by atoms with van der Waals surface area (Å²) in [4.78, 5) is 0. The summed E-state index contributed by atoms with van der Waals surface area (Å²) in [5, 5.41) is 8.47. The van der Waals surface area contributed by atoms with E-state index in [4.69, 9.17) is 5.26 Å². The molecule has 0 radical (unpaired) electrons. The van der Waals surface area contributed by atoms with Gasteiger partial charge in [0.15, 0.2) is 0 Å². The zero-order chi connectivity index (χ0) is 17.0. The van der Waals surface area contributed by atoms with Gasteiger partial charge in [0.25, 0.3) is 10.2 Å². The van der Waals surface area contributed by atoms with Crippen LogP contribution in [0.15, 0.2) is 24.3 Å². The number of hydrogen-bond donors (Lipinski definition) is 0. The molecule has 9 heteroatoms. The van der Waals surface area contributed by atoms with Gasteiger partial charge in [-0.05, 0) is 17.7 Å². The molecule has 122 valence electrons. The molecular formula is C13H16F3N3O2S. The van der Waals surface area contributed by atoms with E-state index >= 15 is 0 Å². The molecule has 0 saturated heterocycles. The van der Waals surface area contributed by atoms with Gasteiger partial charge >= 0.3 is 6.18 Å². The molecular weight excluding hydrogens is 319 g/mol. The average Bonchev–Trinajstić information content (AvgIpc) is 2.44. The van der Waals surface area contributed by atoms with Crippen LogP contribution in [-0.4, -0.2) is 37.7 Å². The van der Waals surface area contributed by atoms with Crippen LogP contribution in [0, 0.1) is 11.3 Å². The van der Waals surface area contributed by atoms with Crippen molar-refractivity contribution < 1.29 is 21.6 Å². The minimum absolute atomic E-state index is 0.0518. The summed E-state index contributed by atoms with van der Waals surface area (Å²) in [5.41, 5.74) is -0.347. The van der Waals surface area contributed by atoms with E-state index in [1.54, 1.807) is 0 Å². The third-order valence-corrected chi connectivity index (χ3v) is 4.90. The summed E-state index contributed by atoms with van der Waals surface area (Å²) >= 11 is 0. The molecule has 0 atom stereocenters. The fourth-order valence-corrected chi connectivity index (χ4v) is 2.81. The number of alkyl halides is 3. The van der Waals surface area contributed by atoms with Crippen molar-refractivity contribution in [3.8, 4) is 6.07 Å². The van der Waals surface area contributed by atoms with E-state index < -0.39 is 21.9 Å². The van der Waals surface area contributed by atoms with Gasteiger partial charge in [-0.1, -0.05) is 12.1 Å². The summed E-state index contributed by atoms with van der Waals surface area (Å²) in [6, 6.07) is 6.15. The van der Waals surface area contributed by atoms with Gasteiger partial charge in [0.1, 0.15) is 0 Å².